The van der Waals surface area contributed by atoms with Crippen molar-refractivity contribution in [3.63, 3.8) is 0 Å². The fraction of sp³-hybridized carbons (Fsp3) is 0.625. The maximum Gasteiger partial charge on any atom is 0.123 e. The topological polar surface area (TPSA) is 24.1 Å². The summed E-state index contributed by atoms with van der Waals surface area (Å²) in [5.41, 5.74) is 2.86. The van der Waals surface area contributed by atoms with Crippen molar-refractivity contribution in [2.75, 3.05) is 13.1 Å². The molecule has 1 saturated carbocycles. The van der Waals surface area contributed by atoms with Gasteiger partial charge < -0.3 is 10.6 Å². The highest BCUT2D eigenvalue weighted by Gasteiger charge is 2.45. The van der Waals surface area contributed by atoms with Crippen LogP contribution in [0.25, 0.3) is 0 Å². The molecule has 19 heavy (non-hydrogen) atoms. The Bertz CT molecular complexity index is 490. The van der Waals surface area contributed by atoms with Crippen LogP contribution in [0.2, 0.25) is 0 Å². The van der Waals surface area contributed by atoms with Gasteiger partial charge >= 0.3 is 0 Å². The Kier molecular flexibility index (Phi) is 2.68. The van der Waals surface area contributed by atoms with Crippen molar-refractivity contribution in [2.24, 2.45) is 0 Å². The van der Waals surface area contributed by atoms with Crippen LogP contribution in [0, 0.1) is 5.82 Å². The van der Waals surface area contributed by atoms with E-state index in [2.05, 4.69) is 10.6 Å². The van der Waals surface area contributed by atoms with E-state index in [4.69, 9.17) is 0 Å². The third kappa shape index (κ3) is 2.00. The van der Waals surface area contributed by atoms with Crippen LogP contribution in [0.1, 0.15) is 49.3 Å². The summed E-state index contributed by atoms with van der Waals surface area (Å²) in [7, 11) is 0. The Morgan fingerprint density at radius 2 is 2.00 bits per heavy atom. The van der Waals surface area contributed by atoms with Gasteiger partial charge in [0, 0.05) is 12.1 Å². The van der Waals surface area contributed by atoms with Crippen LogP contribution in [0.4, 0.5) is 4.39 Å². The van der Waals surface area contributed by atoms with E-state index in [1.165, 1.54) is 24.0 Å². The van der Waals surface area contributed by atoms with E-state index in [-0.39, 0.29) is 11.2 Å². The number of fused-ring (bicyclic) bond motifs is 2. The monoisotopic (exact) mass is 260 g/mol. The molecule has 1 heterocycles. The van der Waals surface area contributed by atoms with Gasteiger partial charge in [0.25, 0.3) is 0 Å². The first-order chi connectivity index (χ1) is 9.27. The van der Waals surface area contributed by atoms with Crippen LogP contribution in [0.15, 0.2) is 18.2 Å². The van der Waals surface area contributed by atoms with Crippen molar-refractivity contribution in [1.29, 1.82) is 0 Å². The Morgan fingerprint density at radius 3 is 2.74 bits per heavy atom. The van der Waals surface area contributed by atoms with Gasteiger partial charge in [-0.15, -0.1) is 0 Å². The zero-order chi connectivity index (χ0) is 12.9. The molecule has 0 aromatic heterocycles. The lowest BCUT2D eigenvalue weighted by atomic mass is 9.74. The zero-order valence-electron chi connectivity index (χ0n) is 11.2. The SMILES string of the molecule is Fc1ccc2c(c1)C1(CCNCC1)C[C@@H]2NC1CC1. The predicted molar refractivity (Wildman–Crippen MR) is 73.7 cm³/mol. The van der Waals surface area contributed by atoms with Crippen LogP contribution >= 0.6 is 0 Å². The summed E-state index contributed by atoms with van der Waals surface area (Å²) in [6, 6.07) is 6.60. The normalized spacial score (nSPS) is 28.6. The Labute approximate surface area is 113 Å². The van der Waals surface area contributed by atoms with E-state index in [1.54, 1.807) is 12.1 Å². The molecule has 1 aromatic rings. The molecule has 1 saturated heterocycles. The lowest BCUT2D eigenvalue weighted by Crippen LogP contribution is -2.39. The first-order valence-electron chi connectivity index (χ1n) is 7.54. The third-order valence-corrected chi connectivity index (χ3v) is 5.13. The molecule has 1 atom stereocenters. The van der Waals surface area contributed by atoms with Crippen molar-refractivity contribution in [3.8, 4) is 0 Å². The van der Waals surface area contributed by atoms with Gasteiger partial charge in [0.2, 0.25) is 0 Å². The quantitative estimate of drug-likeness (QED) is 0.854. The fourth-order valence-corrected chi connectivity index (χ4v) is 3.96. The van der Waals surface area contributed by atoms with Crippen LogP contribution in [-0.2, 0) is 5.41 Å². The number of piperidine rings is 1. The summed E-state index contributed by atoms with van der Waals surface area (Å²) < 4.78 is 13.7. The highest BCUT2D eigenvalue weighted by atomic mass is 19.1. The molecule has 102 valence electrons. The van der Waals surface area contributed by atoms with Gasteiger partial charge in [0.1, 0.15) is 5.82 Å². The van der Waals surface area contributed by atoms with E-state index in [9.17, 15) is 4.39 Å². The van der Waals surface area contributed by atoms with Gasteiger partial charge in [-0.25, -0.2) is 4.39 Å². The van der Waals surface area contributed by atoms with E-state index < -0.39 is 0 Å². The molecule has 0 radical (unpaired) electrons. The van der Waals surface area contributed by atoms with Gasteiger partial charge in [0.05, 0.1) is 0 Å². The number of hydrogen-bond donors (Lipinski definition) is 2. The molecule has 0 bridgehead atoms. The number of hydrogen-bond acceptors (Lipinski definition) is 2. The van der Waals surface area contributed by atoms with E-state index in [0.29, 0.717) is 12.1 Å². The maximum absolute atomic E-state index is 13.7. The first-order valence-corrected chi connectivity index (χ1v) is 7.54. The van der Waals surface area contributed by atoms with Gasteiger partial charge in [-0.05, 0) is 73.9 Å². The molecule has 2 fully saturated rings. The average molecular weight is 260 g/mol. The lowest BCUT2D eigenvalue weighted by molar-refractivity contribution is 0.282. The second kappa shape index (κ2) is 4.29. The molecule has 4 rings (SSSR count). The van der Waals surface area contributed by atoms with Crippen molar-refractivity contribution in [3.05, 3.63) is 35.1 Å². The standard InChI is InChI=1S/C16H21FN2/c17-11-1-4-13-14(9-11)16(5-7-18-8-6-16)10-15(13)19-12-2-3-12/h1,4,9,12,15,18-19H,2-3,5-8,10H2/t15-/m0/s1. The molecule has 2 nitrogen and oxygen atoms in total. The summed E-state index contributed by atoms with van der Waals surface area (Å²) in [6.07, 6.45) is 6.06. The van der Waals surface area contributed by atoms with Crippen molar-refractivity contribution < 1.29 is 4.39 Å². The van der Waals surface area contributed by atoms with E-state index in [0.717, 1.165) is 32.4 Å². The fourth-order valence-electron chi connectivity index (χ4n) is 3.96. The molecule has 1 aromatic carbocycles. The van der Waals surface area contributed by atoms with E-state index >= 15 is 0 Å². The predicted octanol–water partition coefficient (Wildman–Crippen LogP) is 2.64. The van der Waals surface area contributed by atoms with Crippen molar-refractivity contribution >= 4 is 0 Å². The molecule has 0 unspecified atom stereocenters. The van der Waals surface area contributed by atoms with Crippen molar-refractivity contribution in [1.82, 2.24) is 10.6 Å². The number of rotatable bonds is 2. The summed E-state index contributed by atoms with van der Waals surface area (Å²) in [6.45, 7) is 2.12. The van der Waals surface area contributed by atoms with Gasteiger partial charge in [-0.1, -0.05) is 6.07 Å². The van der Waals surface area contributed by atoms with Crippen molar-refractivity contribution in [2.45, 2.75) is 49.6 Å². The van der Waals surface area contributed by atoms with E-state index in [1.807, 2.05) is 6.07 Å². The minimum Gasteiger partial charge on any atom is -0.317 e. The zero-order valence-corrected chi connectivity index (χ0v) is 11.2. The lowest BCUT2D eigenvalue weighted by Gasteiger charge is -2.35. The number of nitrogens with one attached hydrogen (secondary N) is 2. The molecule has 1 spiro atoms. The second-order valence-electron chi connectivity index (χ2n) is 6.46. The summed E-state index contributed by atoms with van der Waals surface area (Å²) in [4.78, 5) is 0. The molecular formula is C16H21FN2. The highest BCUT2D eigenvalue weighted by Crippen LogP contribution is 2.50. The average Bonchev–Trinajstić information content (AvgIpc) is 3.18. The smallest absolute Gasteiger partial charge is 0.123 e. The minimum absolute atomic E-state index is 0.0799. The number of benzene rings is 1. The van der Waals surface area contributed by atoms with Gasteiger partial charge in [-0.3, -0.25) is 0 Å². The van der Waals surface area contributed by atoms with Gasteiger partial charge in [0.15, 0.2) is 0 Å². The molecular weight excluding hydrogens is 239 g/mol. The largest absolute Gasteiger partial charge is 0.317 e. The van der Waals surface area contributed by atoms with Crippen LogP contribution in [0.3, 0.4) is 0 Å². The van der Waals surface area contributed by atoms with Gasteiger partial charge in [-0.2, -0.15) is 0 Å². The highest BCUT2D eigenvalue weighted by molar-refractivity contribution is 5.43. The third-order valence-electron chi connectivity index (χ3n) is 5.13. The summed E-state index contributed by atoms with van der Waals surface area (Å²) >= 11 is 0. The first kappa shape index (κ1) is 11.9. The van der Waals surface area contributed by atoms with Crippen LogP contribution < -0.4 is 10.6 Å². The summed E-state index contributed by atoms with van der Waals surface area (Å²) in [5, 5.41) is 7.19. The Morgan fingerprint density at radius 1 is 1.21 bits per heavy atom. The minimum atomic E-state index is -0.0799. The molecule has 3 aliphatic rings. The summed E-state index contributed by atoms with van der Waals surface area (Å²) in [5.74, 6) is -0.0799. The van der Waals surface area contributed by atoms with Crippen LogP contribution in [0.5, 0.6) is 0 Å². The second-order valence-corrected chi connectivity index (χ2v) is 6.46. The molecule has 2 aliphatic carbocycles. The number of halogens is 1. The Hall–Kier alpha value is -0.930. The molecule has 2 N–H and O–H groups in total. The molecule has 3 heteroatoms. The maximum atomic E-state index is 13.7. The Balaban J connectivity index is 1.72. The van der Waals surface area contributed by atoms with Crippen LogP contribution in [-0.4, -0.2) is 19.1 Å². The molecule has 0 amide bonds. The molecule has 1 aliphatic heterocycles.